The van der Waals surface area contributed by atoms with E-state index < -0.39 is 0 Å². The van der Waals surface area contributed by atoms with Gasteiger partial charge in [-0.15, -0.1) is 0 Å². The molecule has 0 radical (unpaired) electrons. The normalized spacial score (nSPS) is 10.7. The van der Waals surface area contributed by atoms with Gasteiger partial charge in [-0.1, -0.05) is 22.9 Å². The molecule has 0 amide bonds. The van der Waals surface area contributed by atoms with E-state index in [0.717, 1.165) is 26.1 Å². The van der Waals surface area contributed by atoms with Crippen molar-refractivity contribution in [2.45, 2.75) is 6.54 Å². The highest BCUT2D eigenvalue weighted by molar-refractivity contribution is 7.18. The smallest absolute Gasteiger partial charge is 0.143 e. The Kier molecular flexibility index (Phi) is 3.13. The fraction of sp³-hybridized carbons (Fsp3) is 0.0769. The number of thiazole rings is 1. The van der Waals surface area contributed by atoms with Gasteiger partial charge in [0, 0.05) is 16.9 Å². The molecule has 0 bridgehead atoms. The molecule has 0 saturated carbocycles. The Balaban J connectivity index is 1.74. The minimum absolute atomic E-state index is 0.697. The van der Waals surface area contributed by atoms with Crippen LogP contribution in [0.25, 0.3) is 10.3 Å². The third kappa shape index (κ3) is 2.44. The number of benzene rings is 1. The van der Waals surface area contributed by atoms with Crippen molar-refractivity contribution in [3.63, 3.8) is 0 Å². The highest BCUT2D eigenvalue weighted by Gasteiger charge is 2.03. The van der Waals surface area contributed by atoms with Crippen molar-refractivity contribution >= 4 is 39.0 Å². The number of halogens is 1. The van der Waals surface area contributed by atoms with Gasteiger partial charge in [0.2, 0.25) is 0 Å². The van der Waals surface area contributed by atoms with Gasteiger partial charge < -0.3 is 5.32 Å². The molecule has 3 rings (SSSR count). The molecule has 0 aliphatic heterocycles. The molecule has 2 aromatic heterocycles. The minimum Gasteiger partial charge on any atom is -0.379 e. The van der Waals surface area contributed by atoms with Gasteiger partial charge in [-0.05, 0) is 36.4 Å². The number of pyridine rings is 1. The van der Waals surface area contributed by atoms with Crippen molar-refractivity contribution in [2.75, 3.05) is 5.32 Å². The van der Waals surface area contributed by atoms with E-state index in [0.29, 0.717) is 6.54 Å². The zero-order chi connectivity index (χ0) is 12.4. The highest BCUT2D eigenvalue weighted by atomic mass is 35.5. The zero-order valence-electron chi connectivity index (χ0n) is 9.43. The van der Waals surface area contributed by atoms with Crippen molar-refractivity contribution in [3.8, 4) is 0 Å². The van der Waals surface area contributed by atoms with Gasteiger partial charge in [0.1, 0.15) is 15.4 Å². The monoisotopic (exact) mass is 275 g/mol. The molecule has 1 N–H and O–H groups in total. The van der Waals surface area contributed by atoms with E-state index in [-0.39, 0.29) is 0 Å². The van der Waals surface area contributed by atoms with E-state index in [1.54, 1.807) is 17.5 Å². The molecule has 3 aromatic rings. The summed E-state index contributed by atoms with van der Waals surface area (Å²) in [6.07, 6.45) is 1.79. The Morgan fingerprint density at radius 3 is 2.78 bits per heavy atom. The topological polar surface area (TPSA) is 37.8 Å². The van der Waals surface area contributed by atoms with Crippen molar-refractivity contribution in [1.82, 2.24) is 9.97 Å². The predicted octanol–water partition coefficient (Wildman–Crippen LogP) is 3.96. The van der Waals surface area contributed by atoms with Gasteiger partial charge in [0.15, 0.2) is 0 Å². The third-order valence-corrected chi connectivity index (χ3v) is 3.73. The Bertz CT molecular complexity index is 630. The van der Waals surface area contributed by atoms with Crippen molar-refractivity contribution in [2.24, 2.45) is 0 Å². The predicted molar refractivity (Wildman–Crippen MR) is 76.2 cm³/mol. The summed E-state index contributed by atoms with van der Waals surface area (Å²) in [5, 5.41) is 5.08. The molecule has 0 aliphatic carbocycles. The molecule has 1 aromatic carbocycles. The van der Waals surface area contributed by atoms with Crippen molar-refractivity contribution in [3.05, 3.63) is 52.6 Å². The fourth-order valence-corrected chi connectivity index (χ4v) is 2.61. The number of nitrogens with one attached hydrogen (secondary N) is 1. The highest BCUT2D eigenvalue weighted by Crippen LogP contribution is 2.20. The summed E-state index contributed by atoms with van der Waals surface area (Å²) < 4.78 is 0. The van der Waals surface area contributed by atoms with Crippen LogP contribution in [0.5, 0.6) is 0 Å². The first-order chi connectivity index (χ1) is 8.81. The largest absolute Gasteiger partial charge is 0.379 e. The zero-order valence-corrected chi connectivity index (χ0v) is 11.0. The van der Waals surface area contributed by atoms with Crippen LogP contribution in [0.4, 0.5) is 5.69 Å². The van der Waals surface area contributed by atoms with Gasteiger partial charge in [0.05, 0.1) is 6.54 Å². The van der Waals surface area contributed by atoms with Crippen molar-refractivity contribution in [1.29, 1.82) is 0 Å². The Labute approximate surface area is 113 Å². The third-order valence-electron chi connectivity index (χ3n) is 2.50. The lowest BCUT2D eigenvalue weighted by atomic mass is 10.3. The fourth-order valence-electron chi connectivity index (χ4n) is 1.64. The number of anilines is 1. The Morgan fingerprint density at radius 2 is 2.00 bits per heavy atom. The summed E-state index contributed by atoms with van der Waals surface area (Å²) in [4.78, 5) is 9.77. The lowest BCUT2D eigenvalue weighted by Crippen LogP contribution is -1.98. The van der Waals surface area contributed by atoms with Gasteiger partial charge in [0.25, 0.3) is 0 Å². The van der Waals surface area contributed by atoms with Crippen molar-refractivity contribution < 1.29 is 0 Å². The maximum absolute atomic E-state index is 5.84. The molecular weight excluding hydrogens is 266 g/mol. The van der Waals surface area contributed by atoms with E-state index in [9.17, 15) is 0 Å². The van der Waals surface area contributed by atoms with Crippen LogP contribution in [0.3, 0.4) is 0 Å². The minimum atomic E-state index is 0.697. The van der Waals surface area contributed by atoms with Gasteiger partial charge in [-0.2, -0.15) is 0 Å². The van der Waals surface area contributed by atoms with Crippen LogP contribution in [-0.2, 0) is 6.54 Å². The number of hydrogen-bond donors (Lipinski definition) is 1. The molecule has 18 heavy (non-hydrogen) atoms. The van der Waals surface area contributed by atoms with Crippen LogP contribution in [0.15, 0.2) is 42.6 Å². The van der Waals surface area contributed by atoms with Crippen LogP contribution < -0.4 is 5.32 Å². The average molecular weight is 276 g/mol. The second kappa shape index (κ2) is 4.92. The quantitative estimate of drug-likeness (QED) is 0.786. The van der Waals surface area contributed by atoms with E-state index in [1.165, 1.54) is 0 Å². The molecule has 90 valence electrons. The summed E-state index contributed by atoms with van der Waals surface area (Å²) >= 11 is 7.44. The summed E-state index contributed by atoms with van der Waals surface area (Å²) in [7, 11) is 0. The molecule has 0 spiro atoms. The van der Waals surface area contributed by atoms with Gasteiger partial charge in [-0.3, -0.25) is 0 Å². The molecule has 2 heterocycles. The summed E-state index contributed by atoms with van der Waals surface area (Å²) in [6.45, 7) is 0.697. The molecule has 0 atom stereocenters. The number of hydrogen-bond acceptors (Lipinski definition) is 4. The van der Waals surface area contributed by atoms with E-state index in [4.69, 9.17) is 11.6 Å². The van der Waals surface area contributed by atoms with Crippen LogP contribution >= 0.6 is 22.9 Å². The van der Waals surface area contributed by atoms with E-state index in [1.807, 2.05) is 36.4 Å². The van der Waals surface area contributed by atoms with Crippen LogP contribution in [0.1, 0.15) is 5.01 Å². The summed E-state index contributed by atoms with van der Waals surface area (Å²) in [6, 6.07) is 11.5. The van der Waals surface area contributed by atoms with Crippen LogP contribution in [-0.4, -0.2) is 9.97 Å². The van der Waals surface area contributed by atoms with Crippen LogP contribution in [0, 0.1) is 0 Å². The summed E-state index contributed by atoms with van der Waals surface area (Å²) in [5.74, 6) is 0. The van der Waals surface area contributed by atoms with Gasteiger partial charge >= 0.3 is 0 Å². The number of fused-ring (bicyclic) bond motifs is 1. The summed E-state index contributed by atoms with van der Waals surface area (Å²) in [5.41, 5.74) is 1.99. The Hall–Kier alpha value is -1.65. The second-order valence-corrected chi connectivity index (χ2v) is 5.29. The molecule has 0 saturated heterocycles. The number of nitrogens with zero attached hydrogens (tertiary/aromatic N) is 2. The maximum Gasteiger partial charge on any atom is 0.143 e. The maximum atomic E-state index is 5.84. The van der Waals surface area contributed by atoms with Crippen LogP contribution in [0.2, 0.25) is 5.02 Å². The SMILES string of the molecule is Clc1ccc(NCc2nc3cccnc3s2)cc1. The second-order valence-electron chi connectivity index (χ2n) is 3.80. The lowest BCUT2D eigenvalue weighted by molar-refractivity contribution is 1.12. The first-order valence-electron chi connectivity index (χ1n) is 5.51. The average Bonchev–Trinajstić information content (AvgIpc) is 2.81. The lowest BCUT2D eigenvalue weighted by Gasteiger charge is -2.03. The molecule has 0 unspecified atom stereocenters. The Morgan fingerprint density at radius 1 is 1.17 bits per heavy atom. The molecular formula is C13H10ClN3S. The number of rotatable bonds is 3. The van der Waals surface area contributed by atoms with E-state index >= 15 is 0 Å². The first kappa shape index (κ1) is 11.4. The standard InChI is InChI=1S/C13H10ClN3S/c14-9-3-5-10(6-4-9)16-8-12-17-11-2-1-7-15-13(11)18-12/h1-7,16H,8H2. The number of aromatic nitrogens is 2. The first-order valence-corrected chi connectivity index (χ1v) is 6.70. The molecule has 5 heteroatoms. The van der Waals surface area contributed by atoms with E-state index in [2.05, 4.69) is 15.3 Å². The molecule has 3 nitrogen and oxygen atoms in total. The molecule has 0 fully saturated rings. The van der Waals surface area contributed by atoms with Gasteiger partial charge in [-0.25, -0.2) is 9.97 Å². The molecule has 0 aliphatic rings.